The van der Waals surface area contributed by atoms with E-state index in [9.17, 15) is 4.79 Å². The number of thiophene rings is 1. The number of aryl methyl sites for hydroxylation is 2. The van der Waals surface area contributed by atoms with Crippen LogP contribution in [0.25, 0.3) is 0 Å². The van der Waals surface area contributed by atoms with Gasteiger partial charge in [-0.1, -0.05) is 6.07 Å². The number of benzene rings is 1. The van der Waals surface area contributed by atoms with E-state index in [-0.39, 0.29) is 18.0 Å². The normalized spacial score (nSPS) is 13.4. The zero-order valence-electron chi connectivity index (χ0n) is 15.2. The Morgan fingerprint density at radius 1 is 1.17 bits per heavy atom. The number of methoxy groups -OCH3 is 1. The number of amides is 1. The molecule has 24 heavy (non-hydrogen) atoms. The number of carbonyl (C=O) groups is 1. The zero-order valence-corrected chi connectivity index (χ0v) is 16.0. The molecule has 4 nitrogen and oxygen atoms in total. The first kappa shape index (κ1) is 18.5. The third-order valence-electron chi connectivity index (χ3n) is 4.08. The number of anilines is 1. The molecule has 2 atom stereocenters. The third-order valence-corrected chi connectivity index (χ3v) is 5.06. The molecule has 2 N–H and O–H groups in total. The van der Waals surface area contributed by atoms with E-state index in [1.54, 1.807) is 7.11 Å². The highest BCUT2D eigenvalue weighted by atomic mass is 32.1. The molecule has 0 aliphatic carbocycles. The van der Waals surface area contributed by atoms with Crippen molar-refractivity contribution in [3.63, 3.8) is 0 Å². The van der Waals surface area contributed by atoms with E-state index in [2.05, 4.69) is 44.4 Å². The lowest BCUT2D eigenvalue weighted by atomic mass is 10.0. The second kappa shape index (κ2) is 7.81. The molecule has 2 aromatic rings. The first-order chi connectivity index (χ1) is 11.3. The Bertz CT molecular complexity index is 724. The molecule has 0 saturated heterocycles. The lowest BCUT2D eigenvalue weighted by molar-refractivity contribution is -0.114. The molecule has 1 aromatic heterocycles. The van der Waals surface area contributed by atoms with Gasteiger partial charge in [0.05, 0.1) is 12.8 Å². The molecule has 0 radical (unpaired) electrons. The van der Waals surface area contributed by atoms with Crippen molar-refractivity contribution < 1.29 is 9.53 Å². The average Bonchev–Trinajstić information content (AvgIpc) is 2.85. The highest BCUT2D eigenvalue weighted by molar-refractivity contribution is 7.12. The van der Waals surface area contributed by atoms with Crippen molar-refractivity contribution >= 4 is 22.9 Å². The summed E-state index contributed by atoms with van der Waals surface area (Å²) in [5, 5.41) is 6.46. The van der Waals surface area contributed by atoms with Crippen molar-refractivity contribution in [3.05, 3.63) is 45.1 Å². The summed E-state index contributed by atoms with van der Waals surface area (Å²) in [7, 11) is 1.60. The van der Waals surface area contributed by atoms with Gasteiger partial charge in [0.15, 0.2) is 0 Å². The SMILES string of the molecule is COc1ccc([C@H](C)N[C@H](C)c2cc(C)sc2C)cc1NC(C)=O. The summed E-state index contributed by atoms with van der Waals surface area (Å²) < 4.78 is 5.32. The molecule has 0 fully saturated rings. The highest BCUT2D eigenvalue weighted by Gasteiger charge is 2.16. The second-order valence-corrected chi connectivity index (χ2v) is 7.58. The van der Waals surface area contributed by atoms with Gasteiger partial charge in [-0.25, -0.2) is 0 Å². The molecule has 0 aliphatic heterocycles. The summed E-state index contributed by atoms with van der Waals surface area (Å²) in [4.78, 5) is 14.1. The molecule has 0 spiro atoms. The van der Waals surface area contributed by atoms with E-state index in [1.165, 1.54) is 22.2 Å². The molecule has 0 aliphatic rings. The Balaban J connectivity index is 2.18. The number of nitrogens with one attached hydrogen (secondary N) is 2. The molecular weight excluding hydrogens is 320 g/mol. The summed E-state index contributed by atoms with van der Waals surface area (Å²) in [6.45, 7) is 10.1. The van der Waals surface area contributed by atoms with E-state index in [0.717, 1.165) is 5.56 Å². The summed E-state index contributed by atoms with van der Waals surface area (Å²) in [5.41, 5.74) is 3.15. The van der Waals surface area contributed by atoms with E-state index in [4.69, 9.17) is 4.74 Å². The van der Waals surface area contributed by atoms with E-state index < -0.39 is 0 Å². The lowest BCUT2D eigenvalue weighted by Crippen LogP contribution is -2.22. The van der Waals surface area contributed by atoms with Gasteiger partial charge in [0.1, 0.15) is 5.75 Å². The minimum absolute atomic E-state index is 0.108. The van der Waals surface area contributed by atoms with Gasteiger partial charge in [0, 0.05) is 28.8 Å². The largest absolute Gasteiger partial charge is 0.495 e. The summed E-state index contributed by atoms with van der Waals surface area (Å²) in [6.07, 6.45) is 0. The van der Waals surface area contributed by atoms with Crippen LogP contribution in [0.3, 0.4) is 0 Å². The van der Waals surface area contributed by atoms with Crippen molar-refractivity contribution in [3.8, 4) is 5.75 Å². The number of carbonyl (C=O) groups excluding carboxylic acids is 1. The standard InChI is InChI=1S/C19H26N2O2S/c1-11-9-17(14(4)24-11)13(3)20-12(2)16-7-8-19(23-6)18(10-16)21-15(5)22/h7-10,12-13,20H,1-6H3,(H,21,22)/t12-,13+/m0/s1. The molecule has 5 heteroatoms. The first-order valence-corrected chi connectivity index (χ1v) is 8.92. The molecule has 1 amide bonds. The van der Waals surface area contributed by atoms with Gasteiger partial charge in [0.25, 0.3) is 0 Å². The van der Waals surface area contributed by atoms with Crippen LogP contribution < -0.4 is 15.4 Å². The van der Waals surface area contributed by atoms with E-state index in [1.807, 2.05) is 29.5 Å². The van der Waals surface area contributed by atoms with Gasteiger partial charge >= 0.3 is 0 Å². The van der Waals surface area contributed by atoms with Crippen molar-refractivity contribution in [2.45, 2.75) is 46.7 Å². The van der Waals surface area contributed by atoms with Crippen LogP contribution in [0.1, 0.15) is 53.7 Å². The van der Waals surface area contributed by atoms with Crippen LogP contribution in [0.15, 0.2) is 24.3 Å². The second-order valence-electron chi connectivity index (χ2n) is 6.12. The van der Waals surface area contributed by atoms with Gasteiger partial charge in [-0.15, -0.1) is 11.3 Å². The van der Waals surface area contributed by atoms with Gasteiger partial charge < -0.3 is 15.4 Å². The lowest BCUT2D eigenvalue weighted by Gasteiger charge is -2.22. The van der Waals surface area contributed by atoms with Gasteiger partial charge in [0.2, 0.25) is 5.91 Å². The van der Waals surface area contributed by atoms with Crippen molar-refractivity contribution in [2.75, 3.05) is 12.4 Å². The molecule has 2 rings (SSSR count). The Kier molecular flexibility index (Phi) is 6.02. The molecule has 0 saturated carbocycles. The summed E-state index contributed by atoms with van der Waals surface area (Å²) in [6, 6.07) is 8.55. The fourth-order valence-electron chi connectivity index (χ4n) is 2.92. The maximum Gasteiger partial charge on any atom is 0.221 e. The van der Waals surface area contributed by atoms with Crippen LogP contribution in [0.5, 0.6) is 5.75 Å². The van der Waals surface area contributed by atoms with Crippen LogP contribution in [-0.4, -0.2) is 13.0 Å². The first-order valence-electron chi connectivity index (χ1n) is 8.10. The number of hydrogen-bond donors (Lipinski definition) is 2. The average molecular weight is 346 g/mol. The molecule has 1 aromatic carbocycles. The topological polar surface area (TPSA) is 50.4 Å². The highest BCUT2D eigenvalue weighted by Crippen LogP contribution is 2.31. The van der Waals surface area contributed by atoms with Crippen LogP contribution in [0, 0.1) is 13.8 Å². The number of ether oxygens (including phenoxy) is 1. The van der Waals surface area contributed by atoms with Crippen LogP contribution >= 0.6 is 11.3 Å². The smallest absolute Gasteiger partial charge is 0.221 e. The Hall–Kier alpha value is -1.85. The van der Waals surface area contributed by atoms with Gasteiger partial charge in [-0.05, 0) is 57.0 Å². The van der Waals surface area contributed by atoms with Gasteiger partial charge in [-0.2, -0.15) is 0 Å². The Morgan fingerprint density at radius 3 is 2.42 bits per heavy atom. The van der Waals surface area contributed by atoms with E-state index in [0.29, 0.717) is 11.4 Å². The van der Waals surface area contributed by atoms with Crippen molar-refractivity contribution in [1.29, 1.82) is 0 Å². The predicted molar refractivity (Wildman–Crippen MR) is 101 cm³/mol. The maximum absolute atomic E-state index is 11.4. The monoisotopic (exact) mass is 346 g/mol. The van der Waals surface area contributed by atoms with Crippen molar-refractivity contribution in [1.82, 2.24) is 5.32 Å². The van der Waals surface area contributed by atoms with E-state index >= 15 is 0 Å². The Morgan fingerprint density at radius 2 is 1.88 bits per heavy atom. The quantitative estimate of drug-likeness (QED) is 0.794. The predicted octanol–water partition coefficient (Wildman–Crippen LogP) is 4.74. The number of rotatable bonds is 6. The van der Waals surface area contributed by atoms with Crippen LogP contribution in [0.4, 0.5) is 5.69 Å². The minimum Gasteiger partial charge on any atom is -0.495 e. The molecule has 0 unspecified atom stereocenters. The van der Waals surface area contributed by atoms with Crippen LogP contribution in [0.2, 0.25) is 0 Å². The molecule has 1 heterocycles. The molecular formula is C19H26N2O2S. The summed E-state index contributed by atoms with van der Waals surface area (Å²) >= 11 is 1.83. The fraction of sp³-hybridized carbons (Fsp3) is 0.421. The van der Waals surface area contributed by atoms with Gasteiger partial charge in [-0.3, -0.25) is 4.79 Å². The summed E-state index contributed by atoms with van der Waals surface area (Å²) in [5.74, 6) is 0.558. The zero-order chi connectivity index (χ0) is 17.9. The van der Waals surface area contributed by atoms with Crippen LogP contribution in [-0.2, 0) is 4.79 Å². The molecule has 0 bridgehead atoms. The van der Waals surface area contributed by atoms with Crippen molar-refractivity contribution in [2.24, 2.45) is 0 Å². The minimum atomic E-state index is -0.108. The number of hydrogen-bond acceptors (Lipinski definition) is 4. The Labute approximate surface area is 148 Å². The molecule has 130 valence electrons. The fourth-order valence-corrected chi connectivity index (χ4v) is 3.95. The third kappa shape index (κ3) is 4.36. The maximum atomic E-state index is 11.4.